The quantitative estimate of drug-likeness (QED) is 0.169. The standard InChI is InChI=1S/C37H47F2N5O2/c1-6-12-37(13-9-15-43(37)5)22-46-36-41-34-29(35(42-36)44(14-7-2)21-24-16-23(4)17-24)20-40-33(32(34)39)28-19-26(45)18-25-10-11-30(38)27(8-3)31(25)28/h10-11,18-20,23-24,45H,6-9,12-17,21-22H2,1-5H3. The van der Waals surface area contributed by atoms with E-state index < -0.39 is 5.82 Å². The number of anilines is 1. The number of nitrogens with zero attached hydrogens (tertiary/aromatic N) is 5. The molecule has 46 heavy (non-hydrogen) atoms. The summed E-state index contributed by atoms with van der Waals surface area (Å²) in [5.41, 5.74) is 0.797. The molecule has 1 atom stereocenters. The number of halogens is 2. The zero-order valence-electron chi connectivity index (χ0n) is 27.9. The molecule has 3 heterocycles. The van der Waals surface area contributed by atoms with Gasteiger partial charge < -0.3 is 14.7 Å². The van der Waals surface area contributed by atoms with Crippen molar-refractivity contribution in [3.8, 4) is 23.0 Å². The van der Waals surface area contributed by atoms with E-state index in [0.717, 1.165) is 64.6 Å². The highest BCUT2D eigenvalue weighted by atomic mass is 19.1. The van der Waals surface area contributed by atoms with Crippen molar-refractivity contribution in [2.24, 2.45) is 11.8 Å². The van der Waals surface area contributed by atoms with Gasteiger partial charge in [0.05, 0.1) is 10.9 Å². The first kappa shape index (κ1) is 32.4. The van der Waals surface area contributed by atoms with Gasteiger partial charge in [-0.25, -0.2) is 8.78 Å². The van der Waals surface area contributed by atoms with Crippen LogP contribution < -0.4 is 9.64 Å². The van der Waals surface area contributed by atoms with Gasteiger partial charge >= 0.3 is 6.01 Å². The minimum atomic E-state index is -0.640. The van der Waals surface area contributed by atoms with Crippen LogP contribution in [0, 0.1) is 23.5 Å². The van der Waals surface area contributed by atoms with Gasteiger partial charge in [-0.3, -0.25) is 9.88 Å². The number of likely N-dealkylation sites (N-methyl/N-ethyl adjacent to an activating group) is 1. The monoisotopic (exact) mass is 631 g/mol. The summed E-state index contributed by atoms with van der Waals surface area (Å²) in [5, 5.41) is 12.3. The molecule has 7 nitrogen and oxygen atoms in total. The summed E-state index contributed by atoms with van der Waals surface area (Å²) in [6.07, 6.45) is 9.43. The Hall–Kier alpha value is -3.59. The van der Waals surface area contributed by atoms with Crippen molar-refractivity contribution >= 4 is 27.5 Å². The van der Waals surface area contributed by atoms with Crippen LogP contribution in [-0.4, -0.2) is 63.8 Å². The maximum absolute atomic E-state index is 16.9. The van der Waals surface area contributed by atoms with E-state index in [1.165, 1.54) is 12.1 Å². The molecule has 0 spiro atoms. The van der Waals surface area contributed by atoms with E-state index in [1.54, 1.807) is 18.3 Å². The van der Waals surface area contributed by atoms with Crippen molar-refractivity contribution < 1.29 is 18.6 Å². The Morgan fingerprint density at radius 2 is 1.91 bits per heavy atom. The van der Waals surface area contributed by atoms with Crippen molar-refractivity contribution in [1.82, 2.24) is 19.9 Å². The lowest BCUT2D eigenvalue weighted by Crippen LogP contribution is -2.46. The number of likely N-dealkylation sites (tertiary alicyclic amines) is 1. The third-order valence-electron chi connectivity index (χ3n) is 10.3. The van der Waals surface area contributed by atoms with Gasteiger partial charge in [0.15, 0.2) is 5.82 Å². The normalized spacial score (nSPS) is 21.6. The van der Waals surface area contributed by atoms with E-state index in [-0.39, 0.29) is 34.3 Å². The molecule has 1 aliphatic carbocycles. The van der Waals surface area contributed by atoms with Crippen LogP contribution in [0.4, 0.5) is 14.6 Å². The van der Waals surface area contributed by atoms with Crippen LogP contribution >= 0.6 is 0 Å². The van der Waals surface area contributed by atoms with Gasteiger partial charge in [0, 0.05) is 24.8 Å². The van der Waals surface area contributed by atoms with E-state index in [4.69, 9.17) is 14.7 Å². The summed E-state index contributed by atoms with van der Waals surface area (Å²) in [6.45, 7) is 11.5. The number of aryl methyl sites for hydroxylation is 1. The summed E-state index contributed by atoms with van der Waals surface area (Å²) in [4.78, 5) is 18.9. The van der Waals surface area contributed by atoms with E-state index >= 15 is 8.78 Å². The Morgan fingerprint density at radius 3 is 2.59 bits per heavy atom. The number of hydrogen-bond acceptors (Lipinski definition) is 7. The summed E-state index contributed by atoms with van der Waals surface area (Å²) >= 11 is 0. The lowest BCUT2D eigenvalue weighted by Gasteiger charge is -2.38. The highest BCUT2D eigenvalue weighted by molar-refractivity contribution is 6.01. The van der Waals surface area contributed by atoms with Gasteiger partial charge in [-0.1, -0.05) is 40.2 Å². The Kier molecular flexibility index (Phi) is 9.33. The molecular formula is C37H47F2N5O2. The SMILES string of the molecule is CCCN(CC1CC(C)C1)c1nc(OCC2(CCC)CCCN2C)nc2c(F)c(-c3cc(O)cc4ccc(F)c(CC)c34)ncc12. The second kappa shape index (κ2) is 13.3. The first-order chi connectivity index (χ1) is 22.2. The van der Waals surface area contributed by atoms with E-state index in [1.807, 2.05) is 6.92 Å². The minimum Gasteiger partial charge on any atom is -0.508 e. The summed E-state index contributed by atoms with van der Waals surface area (Å²) in [7, 11) is 2.14. The molecule has 4 aromatic rings. The van der Waals surface area contributed by atoms with Gasteiger partial charge in [0.25, 0.3) is 0 Å². The molecule has 9 heteroatoms. The molecule has 1 aliphatic heterocycles. The molecule has 0 amide bonds. The number of aromatic nitrogens is 3. The molecule has 2 aromatic carbocycles. The summed E-state index contributed by atoms with van der Waals surface area (Å²) < 4.78 is 38.4. The van der Waals surface area contributed by atoms with Crippen LogP contribution in [0.25, 0.3) is 32.9 Å². The van der Waals surface area contributed by atoms with Crippen molar-refractivity contribution in [1.29, 1.82) is 0 Å². The molecule has 2 aromatic heterocycles. The minimum absolute atomic E-state index is 0.0112. The van der Waals surface area contributed by atoms with Crippen LogP contribution in [0.1, 0.15) is 78.2 Å². The molecule has 0 radical (unpaired) electrons. The molecule has 6 rings (SSSR count). The van der Waals surface area contributed by atoms with Crippen LogP contribution in [0.15, 0.2) is 30.5 Å². The molecule has 1 N–H and O–H groups in total. The van der Waals surface area contributed by atoms with Gasteiger partial charge in [-0.15, -0.1) is 0 Å². The Balaban J connectivity index is 1.51. The first-order valence-electron chi connectivity index (χ1n) is 17.1. The maximum atomic E-state index is 16.9. The number of hydrogen-bond donors (Lipinski definition) is 1. The summed E-state index contributed by atoms with van der Waals surface area (Å²) in [5.74, 6) is 0.833. The Morgan fingerprint density at radius 1 is 1.11 bits per heavy atom. The number of phenols is 1. The van der Waals surface area contributed by atoms with Crippen LogP contribution in [0.2, 0.25) is 0 Å². The predicted octanol–water partition coefficient (Wildman–Crippen LogP) is 8.30. The molecule has 1 unspecified atom stereocenters. The fourth-order valence-corrected chi connectivity index (χ4v) is 7.94. The fraction of sp³-hybridized carbons (Fsp3) is 0.541. The topological polar surface area (TPSA) is 74.6 Å². The van der Waals surface area contributed by atoms with Crippen LogP contribution in [-0.2, 0) is 6.42 Å². The first-order valence-corrected chi connectivity index (χ1v) is 17.1. The third kappa shape index (κ3) is 5.98. The lowest BCUT2D eigenvalue weighted by molar-refractivity contribution is 0.0828. The molecule has 2 aliphatic rings. The number of ether oxygens (including phenoxy) is 1. The van der Waals surface area contributed by atoms with Gasteiger partial charge in [0.1, 0.15) is 35.2 Å². The number of fused-ring (bicyclic) bond motifs is 2. The zero-order valence-corrected chi connectivity index (χ0v) is 27.9. The average molecular weight is 632 g/mol. The highest BCUT2D eigenvalue weighted by Crippen LogP contribution is 2.41. The van der Waals surface area contributed by atoms with Crippen LogP contribution in [0.3, 0.4) is 0 Å². The molecule has 246 valence electrons. The number of aromatic hydroxyl groups is 1. The fourth-order valence-electron chi connectivity index (χ4n) is 7.94. The summed E-state index contributed by atoms with van der Waals surface area (Å²) in [6, 6.07) is 6.17. The number of phenolic OH excluding ortho intramolecular Hbond substituents is 1. The van der Waals surface area contributed by atoms with E-state index in [9.17, 15) is 5.11 Å². The zero-order chi connectivity index (χ0) is 32.6. The van der Waals surface area contributed by atoms with Gasteiger partial charge in [0.2, 0.25) is 0 Å². The van der Waals surface area contributed by atoms with Crippen molar-refractivity contribution in [3.63, 3.8) is 0 Å². The third-order valence-corrected chi connectivity index (χ3v) is 10.3. The van der Waals surface area contributed by atoms with Crippen molar-refractivity contribution in [2.75, 3.05) is 38.2 Å². The second-order valence-electron chi connectivity index (χ2n) is 13.7. The largest absolute Gasteiger partial charge is 0.508 e. The van der Waals surface area contributed by atoms with Crippen LogP contribution in [0.5, 0.6) is 11.8 Å². The van der Waals surface area contributed by atoms with E-state index in [0.29, 0.717) is 58.0 Å². The van der Waals surface area contributed by atoms with Gasteiger partial charge in [-0.2, -0.15) is 9.97 Å². The van der Waals surface area contributed by atoms with Crippen molar-refractivity contribution in [2.45, 2.75) is 84.6 Å². The number of benzene rings is 2. The second-order valence-corrected chi connectivity index (χ2v) is 13.7. The molecule has 1 saturated carbocycles. The van der Waals surface area contributed by atoms with E-state index in [2.05, 4.69) is 42.6 Å². The maximum Gasteiger partial charge on any atom is 0.319 e. The smallest absolute Gasteiger partial charge is 0.319 e. The lowest BCUT2D eigenvalue weighted by atomic mass is 9.76. The number of pyridine rings is 1. The molecule has 0 bridgehead atoms. The predicted molar refractivity (Wildman–Crippen MR) is 181 cm³/mol. The molecule has 1 saturated heterocycles. The highest BCUT2D eigenvalue weighted by Gasteiger charge is 2.39. The van der Waals surface area contributed by atoms with Crippen molar-refractivity contribution in [3.05, 3.63) is 47.7 Å². The van der Waals surface area contributed by atoms with Gasteiger partial charge in [-0.05, 0) is 105 Å². The Bertz CT molecular complexity index is 1730. The number of rotatable bonds is 12. The molecular weight excluding hydrogens is 584 g/mol. The average Bonchev–Trinajstić information content (AvgIpc) is 3.38. The Labute approximate surface area is 271 Å². The molecule has 2 fully saturated rings.